The van der Waals surface area contributed by atoms with E-state index in [1.54, 1.807) is 0 Å². The first-order valence-electron chi connectivity index (χ1n) is 7.51. The van der Waals surface area contributed by atoms with Crippen molar-refractivity contribution < 1.29 is 0 Å². The van der Waals surface area contributed by atoms with Crippen molar-refractivity contribution in [3.63, 3.8) is 0 Å². The molecule has 0 nitrogen and oxygen atoms in total. The van der Waals surface area contributed by atoms with Gasteiger partial charge in [-0.05, 0) is 32.1 Å². The molecule has 0 saturated carbocycles. The fourth-order valence-corrected chi connectivity index (χ4v) is 1.81. The van der Waals surface area contributed by atoms with E-state index in [9.17, 15) is 0 Å². The Bertz CT molecular complexity index is 176. The molecule has 0 aromatic rings. The minimum absolute atomic E-state index is 1.08. The highest BCUT2D eigenvalue weighted by atomic mass is 13.9. The minimum Gasteiger partial charge on any atom is -0.0882 e. The van der Waals surface area contributed by atoms with Crippen molar-refractivity contribution >= 4 is 0 Å². The minimum atomic E-state index is 1.08. The molecule has 0 bridgehead atoms. The van der Waals surface area contributed by atoms with Crippen molar-refractivity contribution in [2.75, 3.05) is 0 Å². The van der Waals surface area contributed by atoms with E-state index in [0.29, 0.717) is 0 Å². The Balaban J connectivity index is 3.13. The van der Waals surface area contributed by atoms with E-state index in [0.717, 1.165) is 12.8 Å². The fraction of sp³-hybridized carbons (Fsp3) is 0.706. The summed E-state index contributed by atoms with van der Waals surface area (Å²) in [4.78, 5) is 0. The number of hydrogen-bond acceptors (Lipinski definition) is 0. The Morgan fingerprint density at radius 2 is 1.29 bits per heavy atom. The molecule has 0 aromatic heterocycles. The Kier molecular flexibility index (Phi) is 15.0. The van der Waals surface area contributed by atoms with Crippen LogP contribution in [0.3, 0.4) is 0 Å². The molecule has 0 aromatic carbocycles. The average Bonchev–Trinajstić information content (AvgIpc) is 2.35. The lowest BCUT2D eigenvalue weighted by Crippen LogP contribution is -1.75. The standard InChI is InChI=1S/C17H31/c1-3-5-7-9-11-13-15-17-16-14-12-10-8-6-4-2/h11,13,16-17H,1,3-10,12,14-15H2,2H3. The molecular weight excluding hydrogens is 204 g/mol. The third-order valence-corrected chi connectivity index (χ3v) is 2.95. The van der Waals surface area contributed by atoms with Crippen molar-refractivity contribution in [1.29, 1.82) is 0 Å². The van der Waals surface area contributed by atoms with Gasteiger partial charge in [0.05, 0.1) is 0 Å². The summed E-state index contributed by atoms with van der Waals surface area (Å²) in [5.74, 6) is 0. The first-order chi connectivity index (χ1) is 8.41. The molecule has 0 aliphatic rings. The van der Waals surface area contributed by atoms with E-state index in [-0.39, 0.29) is 0 Å². The van der Waals surface area contributed by atoms with Crippen LogP contribution in [0.1, 0.15) is 77.6 Å². The lowest BCUT2D eigenvalue weighted by atomic mass is 10.1. The van der Waals surface area contributed by atoms with Crippen LogP contribution in [0.5, 0.6) is 0 Å². The fourth-order valence-electron chi connectivity index (χ4n) is 1.81. The third-order valence-electron chi connectivity index (χ3n) is 2.95. The molecule has 0 heteroatoms. The zero-order valence-electron chi connectivity index (χ0n) is 11.8. The van der Waals surface area contributed by atoms with Gasteiger partial charge in [0.25, 0.3) is 0 Å². The van der Waals surface area contributed by atoms with E-state index >= 15 is 0 Å². The van der Waals surface area contributed by atoms with Crippen LogP contribution in [0, 0.1) is 6.92 Å². The van der Waals surface area contributed by atoms with Crippen LogP contribution in [-0.4, -0.2) is 0 Å². The van der Waals surface area contributed by atoms with Crippen molar-refractivity contribution in [3.8, 4) is 0 Å². The van der Waals surface area contributed by atoms with Crippen LogP contribution < -0.4 is 0 Å². The van der Waals surface area contributed by atoms with E-state index in [4.69, 9.17) is 0 Å². The van der Waals surface area contributed by atoms with E-state index in [1.807, 2.05) is 0 Å². The lowest BCUT2D eigenvalue weighted by Gasteiger charge is -1.95. The predicted octanol–water partition coefficient (Wildman–Crippen LogP) is 6.24. The molecule has 0 fully saturated rings. The van der Waals surface area contributed by atoms with Gasteiger partial charge in [0, 0.05) is 0 Å². The van der Waals surface area contributed by atoms with Gasteiger partial charge in [-0.15, -0.1) is 0 Å². The molecule has 99 valence electrons. The Labute approximate surface area is 109 Å². The Morgan fingerprint density at radius 3 is 1.88 bits per heavy atom. The lowest BCUT2D eigenvalue weighted by molar-refractivity contribution is 0.637. The third kappa shape index (κ3) is 15.5. The molecule has 0 rings (SSSR count). The highest BCUT2D eigenvalue weighted by Crippen LogP contribution is 2.05. The maximum absolute atomic E-state index is 3.84. The second-order valence-corrected chi connectivity index (χ2v) is 4.73. The van der Waals surface area contributed by atoms with Crippen molar-refractivity contribution in [3.05, 3.63) is 31.2 Å². The average molecular weight is 235 g/mol. The molecule has 0 unspecified atom stereocenters. The maximum atomic E-state index is 3.84. The van der Waals surface area contributed by atoms with Crippen LogP contribution in [0.15, 0.2) is 24.3 Å². The topological polar surface area (TPSA) is 0 Å². The van der Waals surface area contributed by atoms with Crippen LogP contribution in [-0.2, 0) is 0 Å². The van der Waals surface area contributed by atoms with Crippen molar-refractivity contribution in [1.82, 2.24) is 0 Å². The van der Waals surface area contributed by atoms with Crippen LogP contribution in [0.25, 0.3) is 0 Å². The highest BCUT2D eigenvalue weighted by molar-refractivity contribution is 4.92. The first kappa shape index (κ1) is 16.5. The summed E-state index contributed by atoms with van der Waals surface area (Å²) in [5.41, 5.74) is 0. The molecule has 0 aliphatic carbocycles. The van der Waals surface area contributed by atoms with Crippen molar-refractivity contribution in [2.45, 2.75) is 77.6 Å². The second-order valence-electron chi connectivity index (χ2n) is 4.73. The second kappa shape index (κ2) is 15.5. The normalized spacial score (nSPS) is 11.9. The van der Waals surface area contributed by atoms with Gasteiger partial charge < -0.3 is 0 Å². The molecule has 0 N–H and O–H groups in total. The van der Waals surface area contributed by atoms with E-state index in [1.165, 1.54) is 57.8 Å². The van der Waals surface area contributed by atoms with Gasteiger partial charge in [-0.2, -0.15) is 0 Å². The van der Waals surface area contributed by atoms with Crippen molar-refractivity contribution in [2.24, 2.45) is 0 Å². The summed E-state index contributed by atoms with van der Waals surface area (Å²) in [7, 11) is 0. The molecule has 0 spiro atoms. The molecule has 17 heavy (non-hydrogen) atoms. The maximum Gasteiger partial charge on any atom is -0.0169 e. The van der Waals surface area contributed by atoms with Gasteiger partial charge >= 0.3 is 0 Å². The summed E-state index contributed by atoms with van der Waals surface area (Å²) >= 11 is 0. The van der Waals surface area contributed by atoms with Gasteiger partial charge in [-0.1, -0.05) is 76.7 Å². The van der Waals surface area contributed by atoms with Crippen LogP contribution in [0.2, 0.25) is 0 Å². The molecule has 0 atom stereocenters. The number of rotatable bonds is 12. The Hall–Kier alpha value is -0.520. The monoisotopic (exact) mass is 235 g/mol. The number of allylic oxidation sites excluding steroid dienone is 4. The zero-order valence-corrected chi connectivity index (χ0v) is 11.8. The van der Waals surface area contributed by atoms with Gasteiger partial charge in [-0.25, -0.2) is 0 Å². The predicted molar refractivity (Wildman–Crippen MR) is 80.1 cm³/mol. The molecule has 0 aliphatic heterocycles. The van der Waals surface area contributed by atoms with Gasteiger partial charge in [0.1, 0.15) is 0 Å². The van der Waals surface area contributed by atoms with Gasteiger partial charge in [0.15, 0.2) is 0 Å². The van der Waals surface area contributed by atoms with E-state index in [2.05, 4.69) is 38.2 Å². The molecule has 0 saturated heterocycles. The zero-order chi connectivity index (χ0) is 12.6. The molecular formula is C17H31. The SMILES string of the molecule is [CH2]CCCCC=CCC=CCCCCCCC. The van der Waals surface area contributed by atoms with Gasteiger partial charge in [-0.3, -0.25) is 0 Å². The summed E-state index contributed by atoms with van der Waals surface area (Å²) < 4.78 is 0. The summed E-state index contributed by atoms with van der Waals surface area (Å²) in [6.07, 6.45) is 23.4. The molecule has 0 amide bonds. The largest absolute Gasteiger partial charge is 0.0882 e. The highest BCUT2D eigenvalue weighted by Gasteiger charge is 1.86. The molecule has 1 radical (unpaired) electrons. The van der Waals surface area contributed by atoms with Gasteiger partial charge in [0.2, 0.25) is 0 Å². The van der Waals surface area contributed by atoms with Crippen LogP contribution >= 0.6 is 0 Å². The first-order valence-corrected chi connectivity index (χ1v) is 7.51. The van der Waals surface area contributed by atoms with Crippen LogP contribution in [0.4, 0.5) is 0 Å². The quantitative estimate of drug-likeness (QED) is 0.277. The summed E-state index contributed by atoms with van der Waals surface area (Å²) in [6, 6.07) is 0. The van der Waals surface area contributed by atoms with E-state index < -0.39 is 0 Å². The Morgan fingerprint density at radius 1 is 0.706 bits per heavy atom. The number of unbranched alkanes of at least 4 members (excludes halogenated alkanes) is 8. The smallest absolute Gasteiger partial charge is 0.0169 e. The summed E-state index contributed by atoms with van der Waals surface area (Å²) in [6.45, 7) is 6.11. The molecule has 0 heterocycles. The summed E-state index contributed by atoms with van der Waals surface area (Å²) in [5, 5.41) is 0. The number of hydrogen-bond donors (Lipinski definition) is 0.